The van der Waals surface area contributed by atoms with Crippen LogP contribution in [-0.4, -0.2) is 52.5 Å². The first-order valence-corrected chi connectivity index (χ1v) is 10.1. The number of nitrogens with zero attached hydrogens (tertiary/aromatic N) is 1. The van der Waals surface area contributed by atoms with E-state index in [0.717, 1.165) is 0 Å². The normalized spacial score (nSPS) is 13.0. The highest BCUT2D eigenvalue weighted by Crippen LogP contribution is 2.58. The van der Waals surface area contributed by atoms with Crippen LogP contribution in [0.2, 0.25) is 0 Å². The van der Waals surface area contributed by atoms with Gasteiger partial charge in [-0.05, 0) is 20.8 Å². The topological polar surface area (TPSA) is 199 Å². The Labute approximate surface area is 142 Å². The van der Waals surface area contributed by atoms with E-state index >= 15 is 0 Å². The predicted octanol–water partition coefficient (Wildman–Crippen LogP) is -0.337. The Morgan fingerprint density at radius 2 is 1.76 bits per heavy atom. The highest BCUT2D eigenvalue weighted by atomic mass is 31.2. The number of H-pyrrole nitrogens is 1. The van der Waals surface area contributed by atoms with Gasteiger partial charge in [-0.15, -0.1) is 0 Å². The van der Waals surface area contributed by atoms with E-state index in [1.807, 2.05) is 0 Å². The first kappa shape index (κ1) is 21.5. The molecular weight excluding hydrogens is 380 g/mol. The van der Waals surface area contributed by atoms with E-state index in [9.17, 15) is 18.7 Å². The number of rotatable bonds is 6. The van der Waals surface area contributed by atoms with Gasteiger partial charge in [-0.1, -0.05) is 0 Å². The van der Waals surface area contributed by atoms with Gasteiger partial charge in [0, 0.05) is 6.20 Å². The summed E-state index contributed by atoms with van der Waals surface area (Å²) >= 11 is 0. The molecule has 1 rings (SSSR count). The first-order valence-electron chi connectivity index (χ1n) is 6.77. The number of amides is 1. The van der Waals surface area contributed by atoms with Gasteiger partial charge in [-0.2, -0.15) is 0 Å². The van der Waals surface area contributed by atoms with E-state index in [1.54, 1.807) is 26.1 Å². The molecule has 0 atom stereocenters. The van der Waals surface area contributed by atoms with Crippen molar-refractivity contribution in [1.82, 2.24) is 15.3 Å². The lowest BCUT2D eigenvalue weighted by Crippen LogP contribution is -2.35. The molecule has 0 aliphatic rings. The van der Waals surface area contributed by atoms with E-state index in [1.165, 1.54) is 6.20 Å². The quantitative estimate of drug-likeness (QED) is 0.272. The molecule has 6 N–H and O–H groups in total. The summed E-state index contributed by atoms with van der Waals surface area (Å²) in [5.74, 6) is -2.07. The third kappa shape index (κ3) is 7.07. The lowest BCUT2D eigenvalue weighted by molar-refractivity contribution is -0.120. The predicted molar refractivity (Wildman–Crippen MR) is 83.5 cm³/mol. The Kier molecular flexibility index (Phi) is 6.33. The summed E-state index contributed by atoms with van der Waals surface area (Å²) in [5.41, 5.74) is -3.41. The Bertz CT molecular complexity index is 720. The molecule has 0 unspecified atom stereocenters. The molecule has 0 saturated carbocycles. The number of hydrogen-bond acceptors (Lipinski definition) is 6. The Balaban J connectivity index is 2.80. The zero-order valence-corrected chi connectivity index (χ0v) is 15.3. The van der Waals surface area contributed by atoms with Crippen molar-refractivity contribution in [2.75, 3.05) is 0 Å². The molecule has 0 fully saturated rings. The number of hydrogen-bond donors (Lipinski definition) is 6. The van der Waals surface area contributed by atoms with Crippen LogP contribution in [0.4, 0.5) is 0 Å². The fraction of sp³-hybridized carbons (Fsp3) is 0.545. The SMILES string of the molecule is CC(C)(C)OC(=O)c1nc(CC(=O)NC(P(=O)(O)O)P(=O)(O)O)c[nH]1. The van der Waals surface area contributed by atoms with Crippen LogP contribution >= 0.6 is 15.2 Å². The number of nitrogens with one attached hydrogen (secondary N) is 2. The van der Waals surface area contributed by atoms with E-state index < -0.39 is 44.6 Å². The fourth-order valence-electron chi connectivity index (χ4n) is 1.61. The number of carbonyl (C=O) groups is 2. The van der Waals surface area contributed by atoms with Crippen LogP contribution in [0.25, 0.3) is 0 Å². The highest BCUT2D eigenvalue weighted by molar-refractivity contribution is 7.70. The van der Waals surface area contributed by atoms with Gasteiger partial charge >= 0.3 is 21.2 Å². The summed E-state index contributed by atoms with van der Waals surface area (Å²) in [6.45, 7) is 4.94. The molecule has 1 amide bonds. The number of imidazole rings is 1. The molecule has 12 nitrogen and oxygen atoms in total. The van der Waals surface area contributed by atoms with Crippen LogP contribution in [0.5, 0.6) is 0 Å². The van der Waals surface area contributed by atoms with Crippen molar-refractivity contribution >= 4 is 27.1 Å². The summed E-state index contributed by atoms with van der Waals surface area (Å²) < 4.78 is 27.3. The van der Waals surface area contributed by atoms with Crippen LogP contribution in [-0.2, 0) is 25.1 Å². The molecule has 142 valence electrons. The second-order valence-electron chi connectivity index (χ2n) is 6.04. The monoisotopic (exact) mass is 399 g/mol. The molecular formula is C11H19N3O9P2. The number of carbonyl (C=O) groups excluding carboxylic acids is 2. The van der Waals surface area contributed by atoms with Gasteiger partial charge in [-0.3, -0.25) is 13.9 Å². The van der Waals surface area contributed by atoms with Crippen molar-refractivity contribution in [1.29, 1.82) is 0 Å². The standard InChI is InChI=1S/C11H19N3O9P2/c1-11(2,3)23-9(16)8-12-5-6(13-8)4-7(15)14-10(24(17,18)19)25(20,21)22/h5,10H,4H2,1-3H3,(H,12,13)(H,14,15)(H2,17,18,19)(H2,20,21,22). The first-order chi connectivity index (χ1) is 11.1. The molecule has 1 aromatic rings. The van der Waals surface area contributed by atoms with Gasteiger partial charge in [0.25, 0.3) is 0 Å². The zero-order valence-electron chi connectivity index (χ0n) is 13.5. The summed E-state index contributed by atoms with van der Waals surface area (Å²) in [7, 11) is -10.6. The number of aromatic amines is 1. The van der Waals surface area contributed by atoms with Crippen molar-refractivity contribution in [3.05, 3.63) is 17.7 Å². The largest absolute Gasteiger partial charge is 0.454 e. The van der Waals surface area contributed by atoms with Gasteiger partial charge in [-0.25, -0.2) is 9.78 Å². The molecule has 25 heavy (non-hydrogen) atoms. The summed E-state index contributed by atoms with van der Waals surface area (Å²) in [5, 5.41) is 1.59. The Hall–Kier alpha value is -1.55. The number of esters is 1. The lowest BCUT2D eigenvalue weighted by Gasteiger charge is -2.20. The van der Waals surface area contributed by atoms with Crippen LogP contribution in [0.1, 0.15) is 37.1 Å². The molecule has 0 saturated heterocycles. The van der Waals surface area contributed by atoms with E-state index in [-0.39, 0.29) is 11.5 Å². The van der Waals surface area contributed by atoms with Crippen LogP contribution < -0.4 is 5.32 Å². The van der Waals surface area contributed by atoms with Gasteiger partial charge in [0.15, 0.2) is 0 Å². The molecule has 1 aromatic heterocycles. The Morgan fingerprint density at radius 3 is 2.20 bits per heavy atom. The van der Waals surface area contributed by atoms with E-state index in [2.05, 4.69) is 9.97 Å². The fourth-order valence-corrected chi connectivity index (χ4v) is 3.80. The Morgan fingerprint density at radius 1 is 1.24 bits per heavy atom. The molecule has 0 spiro atoms. The van der Waals surface area contributed by atoms with Crippen molar-refractivity contribution in [2.24, 2.45) is 0 Å². The second-order valence-corrected chi connectivity index (χ2v) is 9.83. The van der Waals surface area contributed by atoms with Crippen LogP contribution in [0.15, 0.2) is 6.20 Å². The van der Waals surface area contributed by atoms with Gasteiger partial charge in [0.05, 0.1) is 12.1 Å². The van der Waals surface area contributed by atoms with Gasteiger partial charge in [0.2, 0.25) is 17.3 Å². The minimum absolute atomic E-state index is 0.00790. The number of aromatic nitrogens is 2. The summed E-state index contributed by atoms with van der Waals surface area (Å²) in [4.78, 5) is 65.5. The third-order valence-corrected chi connectivity index (χ3v) is 5.83. The minimum atomic E-state index is -5.29. The average Bonchev–Trinajstić information content (AvgIpc) is 2.79. The van der Waals surface area contributed by atoms with E-state index in [0.29, 0.717) is 0 Å². The summed E-state index contributed by atoms with van der Waals surface area (Å²) in [6, 6.07) is 0. The maximum Gasteiger partial charge on any atom is 0.374 e. The molecule has 0 radical (unpaired) electrons. The van der Waals surface area contributed by atoms with Crippen molar-refractivity contribution in [3.63, 3.8) is 0 Å². The van der Waals surface area contributed by atoms with Gasteiger partial charge < -0.3 is 34.6 Å². The van der Waals surface area contributed by atoms with Crippen LogP contribution in [0.3, 0.4) is 0 Å². The average molecular weight is 399 g/mol. The smallest absolute Gasteiger partial charge is 0.374 e. The second kappa shape index (κ2) is 7.36. The molecule has 0 aliphatic heterocycles. The maximum atomic E-state index is 11.8. The molecule has 0 aliphatic carbocycles. The molecule has 1 heterocycles. The van der Waals surface area contributed by atoms with Crippen molar-refractivity contribution < 1.29 is 43.0 Å². The number of ether oxygens (including phenoxy) is 1. The molecule has 14 heteroatoms. The minimum Gasteiger partial charge on any atom is -0.454 e. The zero-order chi connectivity index (χ0) is 19.6. The van der Waals surface area contributed by atoms with Crippen molar-refractivity contribution in [2.45, 2.75) is 38.3 Å². The highest BCUT2D eigenvalue weighted by Gasteiger charge is 2.44. The maximum absolute atomic E-state index is 11.8. The summed E-state index contributed by atoms with van der Waals surface area (Å²) in [6.07, 6.45) is 0.610. The van der Waals surface area contributed by atoms with Gasteiger partial charge in [0.1, 0.15) is 5.60 Å². The third-order valence-electron chi connectivity index (χ3n) is 2.49. The molecule has 0 bridgehead atoms. The molecule has 0 aromatic carbocycles. The van der Waals surface area contributed by atoms with Crippen molar-refractivity contribution in [3.8, 4) is 0 Å². The lowest BCUT2D eigenvalue weighted by atomic mass is 10.2. The van der Waals surface area contributed by atoms with Crippen LogP contribution in [0, 0.1) is 0 Å². The van der Waals surface area contributed by atoms with E-state index in [4.69, 9.17) is 24.3 Å².